The lowest BCUT2D eigenvalue weighted by Gasteiger charge is -2.17. The molecule has 0 bridgehead atoms. The maximum atomic E-state index is 10.6. The molecule has 0 saturated carbocycles. The highest BCUT2D eigenvalue weighted by Crippen LogP contribution is 2.07. The number of rotatable bonds is 8. The minimum Gasteiger partial charge on any atom is -0.475 e. The van der Waals surface area contributed by atoms with Gasteiger partial charge in [0.05, 0.1) is 6.54 Å². The highest BCUT2D eigenvalue weighted by molar-refractivity contribution is 5.84. The first kappa shape index (κ1) is 13.7. The summed E-state index contributed by atoms with van der Waals surface area (Å²) in [7, 11) is 0. The number of hydrogen-bond donors (Lipinski definition) is 2. The van der Waals surface area contributed by atoms with Crippen molar-refractivity contribution < 1.29 is 14.3 Å². The van der Waals surface area contributed by atoms with Crippen LogP contribution in [0.2, 0.25) is 0 Å². The zero-order chi connectivity index (χ0) is 12.7. The number of furan rings is 1. The van der Waals surface area contributed by atoms with E-state index in [1.54, 1.807) is 6.07 Å². The van der Waals surface area contributed by atoms with Gasteiger partial charge >= 0.3 is 5.97 Å². The van der Waals surface area contributed by atoms with Crippen molar-refractivity contribution in [2.75, 3.05) is 26.2 Å². The summed E-state index contributed by atoms with van der Waals surface area (Å²) in [6.07, 6.45) is 0. The van der Waals surface area contributed by atoms with Crippen LogP contribution in [-0.4, -0.2) is 42.2 Å². The van der Waals surface area contributed by atoms with Crippen LogP contribution in [0.15, 0.2) is 16.5 Å². The van der Waals surface area contributed by atoms with Crippen LogP contribution in [0.4, 0.5) is 0 Å². The number of aromatic carboxylic acids is 1. The molecule has 2 N–H and O–H groups in total. The average molecular weight is 240 g/mol. The SMILES string of the molecule is CCN(CC)CCNCc1ccc(C(=O)O)o1. The maximum Gasteiger partial charge on any atom is 0.371 e. The van der Waals surface area contributed by atoms with E-state index in [1.165, 1.54) is 6.07 Å². The number of carboxylic acid groups (broad SMARTS) is 1. The van der Waals surface area contributed by atoms with Gasteiger partial charge in [0.2, 0.25) is 5.76 Å². The van der Waals surface area contributed by atoms with Gasteiger partial charge in [0, 0.05) is 13.1 Å². The molecule has 0 unspecified atom stereocenters. The largest absolute Gasteiger partial charge is 0.475 e. The first-order chi connectivity index (χ1) is 8.17. The first-order valence-electron chi connectivity index (χ1n) is 5.92. The fourth-order valence-corrected chi connectivity index (χ4v) is 1.58. The Morgan fingerprint density at radius 1 is 1.41 bits per heavy atom. The van der Waals surface area contributed by atoms with Gasteiger partial charge in [-0.2, -0.15) is 0 Å². The second-order valence-electron chi connectivity index (χ2n) is 3.77. The molecule has 0 radical (unpaired) electrons. The molecule has 0 aliphatic heterocycles. The first-order valence-corrected chi connectivity index (χ1v) is 5.92. The van der Waals surface area contributed by atoms with Crippen LogP contribution < -0.4 is 5.32 Å². The normalized spacial score (nSPS) is 11.0. The van der Waals surface area contributed by atoms with Crippen LogP contribution in [0.5, 0.6) is 0 Å². The molecule has 0 aliphatic rings. The molecule has 1 aromatic rings. The molecule has 0 saturated heterocycles. The zero-order valence-corrected chi connectivity index (χ0v) is 10.4. The number of nitrogens with one attached hydrogen (secondary N) is 1. The maximum absolute atomic E-state index is 10.6. The van der Waals surface area contributed by atoms with Crippen molar-refractivity contribution in [1.82, 2.24) is 10.2 Å². The average Bonchev–Trinajstić information content (AvgIpc) is 2.78. The third kappa shape index (κ3) is 4.58. The van der Waals surface area contributed by atoms with Gasteiger partial charge in [0.15, 0.2) is 0 Å². The highest BCUT2D eigenvalue weighted by atomic mass is 16.4. The van der Waals surface area contributed by atoms with Crippen LogP contribution in [-0.2, 0) is 6.54 Å². The number of hydrogen-bond acceptors (Lipinski definition) is 4. The van der Waals surface area contributed by atoms with Crippen LogP contribution in [0.3, 0.4) is 0 Å². The molecule has 0 aromatic carbocycles. The molecular weight excluding hydrogens is 220 g/mol. The van der Waals surface area contributed by atoms with Crippen LogP contribution in [0.25, 0.3) is 0 Å². The predicted molar refractivity (Wildman–Crippen MR) is 65.2 cm³/mol. The Hall–Kier alpha value is -1.33. The molecular formula is C12H20N2O3. The molecule has 0 spiro atoms. The lowest BCUT2D eigenvalue weighted by Crippen LogP contribution is -2.31. The second kappa shape index (κ2) is 7.09. The summed E-state index contributed by atoms with van der Waals surface area (Å²) in [5.41, 5.74) is 0. The third-order valence-electron chi connectivity index (χ3n) is 2.67. The van der Waals surface area contributed by atoms with Crippen molar-refractivity contribution >= 4 is 5.97 Å². The van der Waals surface area contributed by atoms with Crippen molar-refractivity contribution in [3.8, 4) is 0 Å². The summed E-state index contributed by atoms with van der Waals surface area (Å²) in [5.74, 6) is -0.383. The third-order valence-corrected chi connectivity index (χ3v) is 2.67. The Morgan fingerprint density at radius 3 is 2.65 bits per heavy atom. The summed E-state index contributed by atoms with van der Waals surface area (Å²) in [6, 6.07) is 3.16. The van der Waals surface area contributed by atoms with Crippen LogP contribution in [0.1, 0.15) is 30.2 Å². The summed E-state index contributed by atoms with van der Waals surface area (Å²) in [4.78, 5) is 12.9. The monoisotopic (exact) mass is 240 g/mol. The van der Waals surface area contributed by atoms with Crippen molar-refractivity contribution in [3.05, 3.63) is 23.7 Å². The van der Waals surface area contributed by atoms with Gasteiger partial charge < -0.3 is 19.7 Å². The molecule has 17 heavy (non-hydrogen) atoms. The summed E-state index contributed by atoms with van der Waals surface area (Å²) < 4.78 is 5.13. The topological polar surface area (TPSA) is 65.7 Å². The number of carbonyl (C=O) groups is 1. The molecule has 0 atom stereocenters. The van der Waals surface area contributed by atoms with Crippen molar-refractivity contribution in [3.63, 3.8) is 0 Å². The quantitative estimate of drug-likeness (QED) is 0.672. The van der Waals surface area contributed by atoms with Gasteiger partial charge in [0.25, 0.3) is 0 Å². The lowest BCUT2D eigenvalue weighted by atomic mass is 10.4. The number of likely N-dealkylation sites (N-methyl/N-ethyl adjacent to an activating group) is 1. The molecule has 1 rings (SSSR count). The van der Waals surface area contributed by atoms with Crippen molar-refractivity contribution in [2.24, 2.45) is 0 Å². The molecule has 0 amide bonds. The predicted octanol–water partition coefficient (Wildman–Crippen LogP) is 1.41. The van der Waals surface area contributed by atoms with E-state index in [0.29, 0.717) is 12.3 Å². The lowest BCUT2D eigenvalue weighted by molar-refractivity contribution is 0.0660. The molecule has 5 nitrogen and oxygen atoms in total. The Kier molecular flexibility index (Phi) is 5.72. The number of carboxylic acids is 1. The molecule has 96 valence electrons. The molecule has 0 fully saturated rings. The smallest absolute Gasteiger partial charge is 0.371 e. The van der Waals surface area contributed by atoms with E-state index in [0.717, 1.165) is 26.2 Å². The second-order valence-corrected chi connectivity index (χ2v) is 3.77. The Balaban J connectivity index is 2.24. The zero-order valence-electron chi connectivity index (χ0n) is 10.4. The fraction of sp³-hybridized carbons (Fsp3) is 0.583. The number of nitrogens with zero attached hydrogens (tertiary/aromatic N) is 1. The van der Waals surface area contributed by atoms with E-state index < -0.39 is 5.97 Å². The standard InChI is InChI=1S/C12H20N2O3/c1-3-14(4-2)8-7-13-9-10-5-6-11(17-10)12(15)16/h5-6,13H,3-4,7-9H2,1-2H3,(H,15,16). The van der Waals surface area contributed by atoms with Gasteiger partial charge in [-0.25, -0.2) is 4.79 Å². The minimum absolute atomic E-state index is 0.00876. The molecule has 5 heteroatoms. The summed E-state index contributed by atoms with van der Waals surface area (Å²) in [6.45, 7) is 8.77. The Bertz CT molecular complexity index is 345. The van der Waals surface area contributed by atoms with E-state index in [2.05, 4.69) is 24.1 Å². The van der Waals surface area contributed by atoms with Crippen LogP contribution in [0, 0.1) is 0 Å². The Labute approximate surface area is 101 Å². The van der Waals surface area contributed by atoms with E-state index in [9.17, 15) is 4.79 Å². The molecule has 1 aromatic heterocycles. The Morgan fingerprint density at radius 2 is 2.12 bits per heavy atom. The van der Waals surface area contributed by atoms with Crippen molar-refractivity contribution in [2.45, 2.75) is 20.4 Å². The van der Waals surface area contributed by atoms with Gasteiger partial charge in [-0.15, -0.1) is 0 Å². The summed E-state index contributed by atoms with van der Waals surface area (Å²) >= 11 is 0. The van der Waals surface area contributed by atoms with Gasteiger partial charge in [-0.3, -0.25) is 0 Å². The van der Waals surface area contributed by atoms with Gasteiger partial charge in [0.1, 0.15) is 5.76 Å². The van der Waals surface area contributed by atoms with Gasteiger partial charge in [-0.05, 0) is 25.2 Å². The van der Waals surface area contributed by atoms with E-state index >= 15 is 0 Å². The fourth-order valence-electron chi connectivity index (χ4n) is 1.58. The van der Waals surface area contributed by atoms with Gasteiger partial charge in [-0.1, -0.05) is 13.8 Å². The molecule has 0 aliphatic carbocycles. The highest BCUT2D eigenvalue weighted by Gasteiger charge is 2.08. The van der Waals surface area contributed by atoms with E-state index in [4.69, 9.17) is 9.52 Å². The van der Waals surface area contributed by atoms with Crippen LogP contribution >= 0.6 is 0 Å². The van der Waals surface area contributed by atoms with E-state index in [-0.39, 0.29) is 5.76 Å². The van der Waals surface area contributed by atoms with Crippen molar-refractivity contribution in [1.29, 1.82) is 0 Å². The molecule has 1 heterocycles. The summed E-state index contributed by atoms with van der Waals surface area (Å²) in [5, 5.41) is 11.9. The minimum atomic E-state index is -1.03. The van der Waals surface area contributed by atoms with E-state index in [1.807, 2.05) is 0 Å².